The van der Waals surface area contributed by atoms with Gasteiger partial charge in [0.25, 0.3) is 0 Å². The number of alkyl halides is 1. The zero-order valence-corrected chi connectivity index (χ0v) is 8.56. The maximum atomic E-state index is 11.0. The molecule has 66 valence electrons. The van der Waals surface area contributed by atoms with E-state index in [1.54, 1.807) is 0 Å². The van der Waals surface area contributed by atoms with Gasteiger partial charge in [0.05, 0.1) is 0 Å². The predicted molar refractivity (Wildman–Crippen MR) is 46.3 cm³/mol. The first-order valence-corrected chi connectivity index (χ1v) is 4.77. The summed E-state index contributed by atoms with van der Waals surface area (Å²) in [7, 11) is 0. The summed E-state index contributed by atoms with van der Waals surface area (Å²) in [6, 6.07) is -0.242. The summed E-state index contributed by atoms with van der Waals surface area (Å²) in [5, 5.41) is 0.684. The molecule has 1 atom stereocenters. The van der Waals surface area contributed by atoms with E-state index in [-0.39, 0.29) is 17.9 Å². The molecule has 3 nitrogen and oxygen atoms in total. The molecule has 1 unspecified atom stereocenters. The Morgan fingerprint density at radius 1 is 1.64 bits per heavy atom. The minimum atomic E-state index is -0.242. The molecule has 0 saturated carbocycles. The molecule has 0 rings (SSSR count). The maximum absolute atomic E-state index is 11.0. The number of quaternary nitrogens is 1. The molecule has 0 spiro atoms. The van der Waals surface area contributed by atoms with Crippen molar-refractivity contribution in [3.8, 4) is 0 Å². The molecule has 0 aliphatic rings. The predicted octanol–water partition coefficient (Wildman–Crippen LogP) is 0.191. The minimum Gasteiger partial charge on any atom is -0.460 e. The van der Waals surface area contributed by atoms with Gasteiger partial charge in [0, 0.05) is 11.2 Å². The topological polar surface area (TPSA) is 53.9 Å². The van der Waals surface area contributed by atoms with Crippen molar-refractivity contribution < 1.29 is 15.3 Å². The highest BCUT2D eigenvalue weighted by Crippen LogP contribution is 1.98. The second-order valence-corrected chi connectivity index (χ2v) is 3.50. The molecule has 0 amide bonds. The summed E-state index contributed by atoms with van der Waals surface area (Å²) < 4.78 is 4.87. The number of ether oxygens (including phenoxy) is 1. The quantitative estimate of drug-likeness (QED) is 0.548. The summed E-state index contributed by atoms with van der Waals surface area (Å²) in [5.41, 5.74) is 3.70. The molecule has 0 aromatic heterocycles. The lowest BCUT2D eigenvalue weighted by Crippen LogP contribution is -2.67. The molecule has 4 heteroatoms. The smallest absolute Gasteiger partial charge is 0.365 e. The molecular formula is C7H15BrNO2+. The van der Waals surface area contributed by atoms with Crippen LogP contribution in [0.5, 0.6) is 0 Å². The third-order valence-electron chi connectivity index (χ3n) is 1.43. The molecule has 0 aromatic carbocycles. The van der Waals surface area contributed by atoms with Gasteiger partial charge in [-0.1, -0.05) is 29.8 Å². The number of rotatable bonds is 4. The van der Waals surface area contributed by atoms with Crippen molar-refractivity contribution in [2.45, 2.75) is 19.9 Å². The van der Waals surface area contributed by atoms with E-state index in [1.807, 2.05) is 13.8 Å². The molecule has 0 radical (unpaired) electrons. The molecule has 0 heterocycles. The Morgan fingerprint density at radius 2 is 2.18 bits per heavy atom. The average molecular weight is 225 g/mol. The van der Waals surface area contributed by atoms with Crippen LogP contribution in [0.15, 0.2) is 0 Å². The lowest BCUT2D eigenvalue weighted by Gasteiger charge is -2.10. The van der Waals surface area contributed by atoms with E-state index < -0.39 is 0 Å². The van der Waals surface area contributed by atoms with E-state index in [2.05, 4.69) is 21.7 Å². The van der Waals surface area contributed by atoms with Crippen LogP contribution in [0.1, 0.15) is 13.8 Å². The highest BCUT2D eigenvalue weighted by molar-refractivity contribution is 9.09. The molecule has 0 fully saturated rings. The molecule has 3 N–H and O–H groups in total. The Bertz CT molecular complexity index is 128. The fourth-order valence-corrected chi connectivity index (χ4v) is 0.680. The second kappa shape index (κ2) is 5.55. The highest BCUT2D eigenvalue weighted by atomic mass is 79.9. The minimum absolute atomic E-state index is 0.209. The van der Waals surface area contributed by atoms with Gasteiger partial charge in [0.15, 0.2) is 6.04 Å². The summed E-state index contributed by atoms with van der Waals surface area (Å²) in [5.74, 6) is 0.0391. The van der Waals surface area contributed by atoms with E-state index in [0.717, 1.165) is 0 Å². The van der Waals surface area contributed by atoms with Gasteiger partial charge in [-0.15, -0.1) is 0 Å². The van der Waals surface area contributed by atoms with Crippen molar-refractivity contribution in [1.82, 2.24) is 0 Å². The van der Waals surface area contributed by atoms with Gasteiger partial charge < -0.3 is 10.5 Å². The second-order valence-electron chi connectivity index (χ2n) is 2.71. The number of esters is 1. The lowest BCUT2D eigenvalue weighted by atomic mass is 10.1. The lowest BCUT2D eigenvalue weighted by molar-refractivity contribution is -0.418. The molecule has 11 heavy (non-hydrogen) atoms. The molecule has 0 aliphatic heterocycles. The fraction of sp³-hybridized carbons (Fsp3) is 0.857. The zero-order chi connectivity index (χ0) is 8.85. The first kappa shape index (κ1) is 10.9. The van der Waals surface area contributed by atoms with E-state index in [9.17, 15) is 4.79 Å². The number of carbonyl (C=O) groups is 1. The van der Waals surface area contributed by atoms with Crippen LogP contribution in [0.4, 0.5) is 0 Å². The SMILES string of the molecule is CC(C)C([NH3+])C(=O)OCCBr. The van der Waals surface area contributed by atoms with Crippen molar-refractivity contribution in [1.29, 1.82) is 0 Å². The van der Waals surface area contributed by atoms with Gasteiger partial charge in [-0.25, -0.2) is 4.79 Å². The van der Waals surface area contributed by atoms with Crippen LogP contribution in [-0.4, -0.2) is 23.9 Å². The van der Waals surface area contributed by atoms with E-state index >= 15 is 0 Å². The van der Waals surface area contributed by atoms with E-state index in [4.69, 9.17) is 4.74 Å². The van der Waals surface area contributed by atoms with Gasteiger partial charge in [-0.3, -0.25) is 0 Å². The molecule has 0 bridgehead atoms. The highest BCUT2D eigenvalue weighted by Gasteiger charge is 2.22. The number of halogens is 1. The van der Waals surface area contributed by atoms with Crippen LogP contribution in [0.2, 0.25) is 0 Å². The monoisotopic (exact) mass is 224 g/mol. The zero-order valence-electron chi connectivity index (χ0n) is 6.97. The Kier molecular flexibility index (Phi) is 5.50. The van der Waals surface area contributed by atoms with Crippen molar-refractivity contribution in [2.24, 2.45) is 5.92 Å². The van der Waals surface area contributed by atoms with Crippen molar-refractivity contribution in [3.05, 3.63) is 0 Å². The first-order chi connectivity index (χ1) is 5.09. The van der Waals surface area contributed by atoms with Crippen molar-refractivity contribution >= 4 is 21.9 Å². The summed E-state index contributed by atoms with van der Waals surface area (Å²) >= 11 is 3.17. The summed E-state index contributed by atoms with van der Waals surface area (Å²) in [6.45, 7) is 4.33. The van der Waals surface area contributed by atoms with Gasteiger partial charge in [0.1, 0.15) is 6.61 Å². The Balaban J connectivity index is 3.64. The molecular weight excluding hydrogens is 210 g/mol. The summed E-state index contributed by atoms with van der Waals surface area (Å²) in [4.78, 5) is 11.0. The van der Waals surface area contributed by atoms with Crippen molar-refractivity contribution in [3.63, 3.8) is 0 Å². The van der Waals surface area contributed by atoms with Crippen LogP contribution in [0.3, 0.4) is 0 Å². The van der Waals surface area contributed by atoms with Crippen LogP contribution in [-0.2, 0) is 9.53 Å². The molecule has 0 aliphatic carbocycles. The van der Waals surface area contributed by atoms with E-state index in [1.165, 1.54) is 0 Å². The van der Waals surface area contributed by atoms with Gasteiger partial charge in [-0.05, 0) is 0 Å². The normalized spacial score (nSPS) is 13.2. The standard InChI is InChI=1S/C7H14BrNO2/c1-5(2)6(9)7(10)11-4-3-8/h5-6H,3-4,9H2,1-2H3/p+1. The number of hydrogen-bond acceptors (Lipinski definition) is 2. The van der Waals surface area contributed by atoms with E-state index in [0.29, 0.717) is 11.9 Å². The molecule has 0 aromatic rings. The first-order valence-electron chi connectivity index (χ1n) is 3.65. The molecule has 0 saturated heterocycles. The van der Waals surface area contributed by atoms with Crippen LogP contribution in [0.25, 0.3) is 0 Å². The third-order valence-corrected chi connectivity index (χ3v) is 1.75. The Morgan fingerprint density at radius 3 is 2.55 bits per heavy atom. The largest absolute Gasteiger partial charge is 0.460 e. The third kappa shape index (κ3) is 4.37. The van der Waals surface area contributed by atoms with Gasteiger partial charge in [-0.2, -0.15) is 0 Å². The fourth-order valence-electron chi connectivity index (χ4n) is 0.518. The maximum Gasteiger partial charge on any atom is 0.365 e. The Labute approximate surface area is 75.4 Å². The summed E-state index contributed by atoms with van der Waals surface area (Å²) in [6.07, 6.45) is 0. The Hall–Kier alpha value is -0.0900. The number of carbonyl (C=O) groups excluding carboxylic acids is 1. The van der Waals surface area contributed by atoms with Crippen LogP contribution >= 0.6 is 15.9 Å². The van der Waals surface area contributed by atoms with Gasteiger partial charge in [0.2, 0.25) is 0 Å². The van der Waals surface area contributed by atoms with Crippen molar-refractivity contribution in [2.75, 3.05) is 11.9 Å². The van der Waals surface area contributed by atoms with Crippen LogP contribution < -0.4 is 5.73 Å². The van der Waals surface area contributed by atoms with Crippen LogP contribution in [0, 0.1) is 5.92 Å². The van der Waals surface area contributed by atoms with Gasteiger partial charge >= 0.3 is 5.97 Å². The average Bonchev–Trinajstić information content (AvgIpc) is 1.98. The number of hydrogen-bond donors (Lipinski definition) is 1.